The van der Waals surface area contributed by atoms with Gasteiger partial charge < -0.3 is 45.4 Å². The number of likely N-dealkylation sites (tertiary alicyclic amines) is 1. The van der Waals surface area contributed by atoms with Gasteiger partial charge in [0.25, 0.3) is 5.91 Å². The second-order valence-electron chi connectivity index (χ2n) is 10.4. The minimum Gasteiger partial charge on any atom is -0.460 e. The lowest BCUT2D eigenvalue weighted by Crippen LogP contribution is -2.60. The first-order chi connectivity index (χ1) is 19.5. The lowest BCUT2D eigenvalue weighted by molar-refractivity contribution is -0.277. The van der Waals surface area contributed by atoms with Gasteiger partial charge >= 0.3 is 0 Å². The molecule has 0 spiro atoms. The molecule has 6 N–H and O–H groups in total. The van der Waals surface area contributed by atoms with Crippen LogP contribution in [0, 0.1) is 5.92 Å². The highest BCUT2D eigenvalue weighted by Crippen LogP contribution is 2.37. The van der Waals surface area contributed by atoms with Crippen molar-refractivity contribution in [3.63, 3.8) is 0 Å². The van der Waals surface area contributed by atoms with E-state index in [0.29, 0.717) is 28.4 Å². The van der Waals surface area contributed by atoms with Gasteiger partial charge in [-0.3, -0.25) is 9.59 Å². The van der Waals surface area contributed by atoms with Gasteiger partial charge in [0, 0.05) is 22.6 Å². The van der Waals surface area contributed by atoms with Crippen LogP contribution < -0.4 is 15.4 Å². The number of pyridine rings is 1. The van der Waals surface area contributed by atoms with Crippen LogP contribution in [0.15, 0.2) is 34.9 Å². The Bertz CT molecular complexity index is 1230. The smallest absolute Gasteiger partial charge is 0.259 e. The summed E-state index contributed by atoms with van der Waals surface area (Å²) in [5, 5.41) is 46.4. The average molecular weight is 658 g/mol. The molecule has 0 saturated carbocycles. The molecule has 4 rings (SSSR count). The number of aliphatic hydroxyl groups excluding tert-OH is 4. The highest BCUT2D eigenvalue weighted by molar-refractivity contribution is 9.10. The number of aromatic nitrogens is 1. The molecule has 2 fully saturated rings. The molecular weight excluding hydrogens is 624 g/mol. The highest BCUT2D eigenvalue weighted by Gasteiger charge is 2.45. The number of rotatable bonds is 8. The number of hydrogen-bond donors (Lipinski definition) is 6. The Morgan fingerprint density at radius 1 is 1.15 bits per heavy atom. The second-order valence-corrected chi connectivity index (χ2v) is 11.7. The van der Waals surface area contributed by atoms with Crippen LogP contribution in [0.1, 0.15) is 37.0 Å². The molecule has 2 amide bonds. The Labute approximate surface area is 250 Å². The van der Waals surface area contributed by atoms with Crippen LogP contribution in [0.25, 0.3) is 0 Å². The number of nitrogens with one attached hydrogen (secondary N) is 2. The van der Waals surface area contributed by atoms with E-state index in [1.165, 1.54) is 24.4 Å². The molecule has 1 aromatic heterocycles. The fourth-order valence-electron chi connectivity index (χ4n) is 4.81. The number of hydrogen-bond acceptors (Lipinski definition) is 10. The Morgan fingerprint density at radius 2 is 1.85 bits per heavy atom. The summed E-state index contributed by atoms with van der Waals surface area (Å²) < 4.78 is 11.8. The van der Waals surface area contributed by atoms with Gasteiger partial charge in [-0.1, -0.05) is 27.5 Å². The Balaban J connectivity index is 1.66. The van der Waals surface area contributed by atoms with E-state index in [1.807, 2.05) is 0 Å². The van der Waals surface area contributed by atoms with Crippen LogP contribution in [0.3, 0.4) is 0 Å². The minimum atomic E-state index is -1.70. The van der Waals surface area contributed by atoms with Crippen molar-refractivity contribution in [1.82, 2.24) is 9.88 Å². The normalized spacial score (nSPS) is 25.6. The van der Waals surface area contributed by atoms with Gasteiger partial charge in [-0.05, 0) is 64.0 Å². The van der Waals surface area contributed by atoms with E-state index in [-0.39, 0.29) is 34.6 Å². The Kier molecular flexibility index (Phi) is 10.6. The Hall–Kier alpha value is -2.36. The summed E-state index contributed by atoms with van der Waals surface area (Å²) in [6.45, 7) is 5.06. The molecule has 2 saturated heterocycles. The topological polar surface area (TPSA) is 174 Å². The van der Waals surface area contributed by atoms with Crippen LogP contribution in [0.5, 0.6) is 5.75 Å². The standard InChI is InChI=1S/C27H34BrClN4O8/c1-13(2)33-7-5-14(6-8-33)25(38)32-21-17(26(39)31-20-4-3-16(29)11-30-20)9-15(28)10-18(21)40-27-24(37)23(36)22(35)19(12-34)41-27/h3-4,9-11,13-14,19,22-24,27,34-37H,5-8,12H2,1-2H3,(H,32,38)(H,30,31,39). The summed E-state index contributed by atoms with van der Waals surface area (Å²) >= 11 is 9.26. The van der Waals surface area contributed by atoms with Crippen molar-refractivity contribution in [2.75, 3.05) is 30.3 Å². The average Bonchev–Trinajstić information content (AvgIpc) is 2.95. The largest absolute Gasteiger partial charge is 0.460 e. The van der Waals surface area contributed by atoms with E-state index in [0.717, 1.165) is 13.1 Å². The van der Waals surface area contributed by atoms with Gasteiger partial charge in [0.05, 0.1) is 22.9 Å². The van der Waals surface area contributed by atoms with E-state index in [1.54, 1.807) is 6.07 Å². The molecule has 224 valence electrons. The van der Waals surface area contributed by atoms with E-state index in [2.05, 4.69) is 50.3 Å². The van der Waals surface area contributed by atoms with E-state index >= 15 is 0 Å². The maximum Gasteiger partial charge on any atom is 0.259 e. The van der Waals surface area contributed by atoms with Crippen LogP contribution in [-0.4, -0.2) is 98.6 Å². The monoisotopic (exact) mass is 656 g/mol. The maximum atomic E-state index is 13.5. The lowest BCUT2D eigenvalue weighted by Gasteiger charge is -2.39. The molecule has 0 aliphatic carbocycles. The maximum absolute atomic E-state index is 13.5. The van der Waals surface area contributed by atoms with Crippen molar-refractivity contribution in [3.8, 4) is 5.75 Å². The van der Waals surface area contributed by atoms with Crippen molar-refractivity contribution in [3.05, 3.63) is 45.5 Å². The first-order valence-electron chi connectivity index (χ1n) is 13.3. The third-order valence-electron chi connectivity index (χ3n) is 7.25. The molecule has 3 heterocycles. The van der Waals surface area contributed by atoms with E-state index < -0.39 is 43.2 Å². The molecule has 0 radical (unpaired) electrons. The van der Waals surface area contributed by atoms with E-state index in [9.17, 15) is 30.0 Å². The van der Waals surface area contributed by atoms with Crippen LogP contribution in [0.2, 0.25) is 5.02 Å². The SMILES string of the molecule is CC(C)N1CCC(C(=O)Nc2c(OC3OC(CO)C(O)C(O)C3O)cc(Br)cc2C(=O)Nc2ccc(Cl)cn2)CC1. The number of aliphatic hydroxyl groups is 4. The fourth-order valence-corrected chi connectivity index (χ4v) is 5.36. The van der Waals surface area contributed by atoms with Gasteiger partial charge in [0.2, 0.25) is 12.2 Å². The number of ether oxygens (including phenoxy) is 2. The van der Waals surface area contributed by atoms with Gasteiger partial charge in [-0.15, -0.1) is 0 Å². The number of piperidine rings is 1. The zero-order chi connectivity index (χ0) is 29.8. The summed E-state index contributed by atoms with van der Waals surface area (Å²) in [5.41, 5.74) is 0.0246. The molecule has 41 heavy (non-hydrogen) atoms. The number of amides is 2. The number of carbonyl (C=O) groups is 2. The summed E-state index contributed by atoms with van der Waals surface area (Å²) in [7, 11) is 0. The number of nitrogens with zero attached hydrogens (tertiary/aromatic N) is 2. The van der Waals surface area contributed by atoms with Crippen molar-refractivity contribution in [2.24, 2.45) is 5.92 Å². The first-order valence-corrected chi connectivity index (χ1v) is 14.4. The predicted molar refractivity (Wildman–Crippen MR) is 154 cm³/mol. The first kappa shape index (κ1) is 31.6. The molecule has 5 unspecified atom stereocenters. The zero-order valence-corrected chi connectivity index (χ0v) is 24.9. The Morgan fingerprint density at radius 3 is 2.46 bits per heavy atom. The summed E-state index contributed by atoms with van der Waals surface area (Å²) in [6, 6.07) is 6.40. The minimum absolute atomic E-state index is 0.00733. The number of benzene rings is 1. The number of halogens is 2. The molecule has 5 atom stereocenters. The molecule has 0 bridgehead atoms. The van der Waals surface area contributed by atoms with Crippen molar-refractivity contribution >= 4 is 50.9 Å². The van der Waals surface area contributed by atoms with Crippen LogP contribution in [-0.2, 0) is 9.53 Å². The molecule has 2 aliphatic rings. The number of carbonyl (C=O) groups excluding carboxylic acids is 2. The van der Waals surface area contributed by atoms with Gasteiger partial charge in [0.1, 0.15) is 36.0 Å². The fraction of sp³-hybridized carbons (Fsp3) is 0.519. The predicted octanol–water partition coefficient (Wildman–Crippen LogP) is 1.99. The molecule has 2 aliphatic heterocycles. The van der Waals surface area contributed by atoms with Gasteiger partial charge in [0.15, 0.2) is 0 Å². The summed E-state index contributed by atoms with van der Waals surface area (Å²) in [6.07, 6.45) is -5.10. The molecule has 1 aromatic carbocycles. The molecule has 2 aromatic rings. The van der Waals surface area contributed by atoms with Crippen molar-refractivity contribution < 1.29 is 39.5 Å². The highest BCUT2D eigenvalue weighted by atomic mass is 79.9. The van der Waals surface area contributed by atoms with Crippen LogP contribution >= 0.6 is 27.5 Å². The van der Waals surface area contributed by atoms with Crippen molar-refractivity contribution in [1.29, 1.82) is 0 Å². The lowest BCUT2D eigenvalue weighted by atomic mass is 9.95. The molecular formula is C27H34BrClN4O8. The van der Waals surface area contributed by atoms with Crippen molar-refractivity contribution in [2.45, 2.75) is 63.4 Å². The molecule has 12 nitrogen and oxygen atoms in total. The third kappa shape index (κ3) is 7.54. The van der Waals surface area contributed by atoms with Crippen LogP contribution in [0.4, 0.5) is 11.5 Å². The number of anilines is 2. The van der Waals surface area contributed by atoms with E-state index in [4.69, 9.17) is 21.1 Å². The zero-order valence-electron chi connectivity index (χ0n) is 22.5. The summed E-state index contributed by atoms with van der Waals surface area (Å²) in [5.74, 6) is -1.08. The summed E-state index contributed by atoms with van der Waals surface area (Å²) in [4.78, 5) is 33.3. The third-order valence-corrected chi connectivity index (χ3v) is 7.93. The second kappa shape index (κ2) is 13.7. The van der Waals surface area contributed by atoms with Gasteiger partial charge in [-0.2, -0.15) is 0 Å². The van der Waals surface area contributed by atoms with Gasteiger partial charge in [-0.25, -0.2) is 4.98 Å². The quantitative estimate of drug-likeness (QED) is 0.247. The molecule has 14 heteroatoms.